The van der Waals surface area contributed by atoms with Crippen molar-refractivity contribution in [2.24, 2.45) is 0 Å². The second-order valence-electron chi connectivity index (χ2n) is 5.07. The molecule has 0 bridgehead atoms. The molecule has 1 unspecified atom stereocenters. The van der Waals surface area contributed by atoms with Crippen LogP contribution in [0.2, 0.25) is 5.02 Å². The molecule has 1 aromatic rings. The summed E-state index contributed by atoms with van der Waals surface area (Å²) in [5.74, 6) is -0.174. The summed E-state index contributed by atoms with van der Waals surface area (Å²) in [5.41, 5.74) is 5.75. The predicted octanol–water partition coefficient (Wildman–Crippen LogP) is 1.91. The van der Waals surface area contributed by atoms with Gasteiger partial charge in [0.25, 0.3) is 5.91 Å². The van der Waals surface area contributed by atoms with Crippen molar-refractivity contribution in [1.82, 2.24) is 4.90 Å². The lowest BCUT2D eigenvalue weighted by atomic mass is 9.94. The molecule has 0 aromatic heterocycles. The van der Waals surface area contributed by atoms with Gasteiger partial charge in [0.2, 0.25) is 0 Å². The van der Waals surface area contributed by atoms with Crippen molar-refractivity contribution in [2.75, 3.05) is 18.8 Å². The standard InChI is InChI=1S/C13H17ClN2O2/c1-13(18)5-2-6-16(8-13)12(17)10-7-9(15)3-4-11(10)14/h3-4,7,18H,2,5-6,8,15H2,1H3. The van der Waals surface area contributed by atoms with Gasteiger partial charge < -0.3 is 15.7 Å². The van der Waals surface area contributed by atoms with E-state index < -0.39 is 5.60 Å². The van der Waals surface area contributed by atoms with Gasteiger partial charge in [-0.3, -0.25) is 4.79 Å². The van der Waals surface area contributed by atoms with Crippen LogP contribution >= 0.6 is 11.6 Å². The topological polar surface area (TPSA) is 66.6 Å². The quantitative estimate of drug-likeness (QED) is 0.765. The molecular weight excluding hydrogens is 252 g/mol. The number of likely N-dealkylation sites (tertiary alicyclic amines) is 1. The van der Waals surface area contributed by atoms with Crippen molar-refractivity contribution in [3.8, 4) is 0 Å². The van der Waals surface area contributed by atoms with E-state index in [1.807, 2.05) is 0 Å². The molecule has 1 aliphatic rings. The number of hydrogen-bond acceptors (Lipinski definition) is 3. The molecule has 0 radical (unpaired) electrons. The van der Waals surface area contributed by atoms with E-state index in [9.17, 15) is 9.90 Å². The fraction of sp³-hybridized carbons (Fsp3) is 0.462. The lowest BCUT2D eigenvalue weighted by molar-refractivity contribution is -0.0107. The summed E-state index contributed by atoms with van der Waals surface area (Å²) in [6.07, 6.45) is 1.50. The second kappa shape index (κ2) is 4.78. The van der Waals surface area contributed by atoms with E-state index in [0.29, 0.717) is 35.8 Å². The molecule has 1 saturated heterocycles. The third-order valence-electron chi connectivity index (χ3n) is 3.18. The largest absolute Gasteiger partial charge is 0.399 e. The van der Waals surface area contributed by atoms with E-state index in [2.05, 4.69) is 0 Å². The van der Waals surface area contributed by atoms with Crippen molar-refractivity contribution in [3.63, 3.8) is 0 Å². The maximum absolute atomic E-state index is 12.3. The average molecular weight is 269 g/mol. The van der Waals surface area contributed by atoms with E-state index in [1.54, 1.807) is 30.0 Å². The Hall–Kier alpha value is -1.26. The van der Waals surface area contributed by atoms with E-state index in [4.69, 9.17) is 17.3 Å². The van der Waals surface area contributed by atoms with Crippen LogP contribution in [0.15, 0.2) is 18.2 Å². The molecule has 1 amide bonds. The number of benzene rings is 1. The minimum absolute atomic E-state index is 0.174. The highest BCUT2D eigenvalue weighted by Gasteiger charge is 2.31. The van der Waals surface area contributed by atoms with Gasteiger partial charge >= 0.3 is 0 Å². The van der Waals surface area contributed by atoms with Gasteiger partial charge in [-0.1, -0.05) is 11.6 Å². The first-order valence-electron chi connectivity index (χ1n) is 5.96. The molecule has 0 aliphatic carbocycles. The number of nitrogen functional groups attached to an aromatic ring is 1. The molecular formula is C13H17ClN2O2. The highest BCUT2D eigenvalue weighted by atomic mass is 35.5. The molecule has 18 heavy (non-hydrogen) atoms. The Balaban J connectivity index is 2.23. The number of anilines is 1. The van der Waals surface area contributed by atoms with Crippen molar-refractivity contribution in [2.45, 2.75) is 25.4 Å². The Morgan fingerprint density at radius 1 is 1.56 bits per heavy atom. The molecule has 1 aromatic carbocycles. The summed E-state index contributed by atoms with van der Waals surface area (Å²) >= 11 is 6.02. The fourth-order valence-electron chi connectivity index (χ4n) is 2.27. The number of aliphatic hydroxyl groups is 1. The Bertz CT molecular complexity index is 474. The minimum atomic E-state index is -0.819. The normalized spacial score (nSPS) is 24.1. The smallest absolute Gasteiger partial charge is 0.255 e. The zero-order valence-corrected chi connectivity index (χ0v) is 11.1. The number of rotatable bonds is 1. The summed E-state index contributed by atoms with van der Waals surface area (Å²) in [6.45, 7) is 2.71. The third-order valence-corrected chi connectivity index (χ3v) is 3.51. The van der Waals surface area contributed by atoms with Crippen LogP contribution in [0.3, 0.4) is 0 Å². The number of hydrogen-bond donors (Lipinski definition) is 2. The summed E-state index contributed by atoms with van der Waals surface area (Å²) in [5, 5.41) is 10.4. The lowest BCUT2D eigenvalue weighted by Gasteiger charge is -2.37. The molecule has 98 valence electrons. The van der Waals surface area contributed by atoms with Gasteiger partial charge in [-0.05, 0) is 38.0 Å². The molecule has 0 spiro atoms. The van der Waals surface area contributed by atoms with Crippen molar-refractivity contribution >= 4 is 23.2 Å². The highest BCUT2D eigenvalue weighted by Crippen LogP contribution is 2.25. The van der Waals surface area contributed by atoms with E-state index in [1.165, 1.54) is 0 Å². The number of carbonyl (C=O) groups is 1. The van der Waals surface area contributed by atoms with Gasteiger partial charge in [-0.25, -0.2) is 0 Å². The first-order valence-corrected chi connectivity index (χ1v) is 6.33. The maximum Gasteiger partial charge on any atom is 0.255 e. The van der Waals surface area contributed by atoms with Gasteiger partial charge in [-0.15, -0.1) is 0 Å². The van der Waals surface area contributed by atoms with Crippen molar-refractivity contribution in [3.05, 3.63) is 28.8 Å². The maximum atomic E-state index is 12.3. The monoisotopic (exact) mass is 268 g/mol. The highest BCUT2D eigenvalue weighted by molar-refractivity contribution is 6.34. The van der Waals surface area contributed by atoms with Gasteiger partial charge in [0.15, 0.2) is 0 Å². The van der Waals surface area contributed by atoms with Gasteiger partial charge in [0.05, 0.1) is 16.2 Å². The summed E-state index contributed by atoms with van der Waals surface area (Å²) < 4.78 is 0. The van der Waals surface area contributed by atoms with Crippen LogP contribution in [0.5, 0.6) is 0 Å². The number of carbonyl (C=O) groups excluding carboxylic acids is 1. The summed E-state index contributed by atoms with van der Waals surface area (Å²) in [7, 11) is 0. The number of nitrogens with zero attached hydrogens (tertiary/aromatic N) is 1. The van der Waals surface area contributed by atoms with Crippen molar-refractivity contribution in [1.29, 1.82) is 0 Å². The first kappa shape index (κ1) is 13.2. The zero-order valence-electron chi connectivity index (χ0n) is 10.3. The average Bonchev–Trinajstić information content (AvgIpc) is 2.30. The molecule has 1 heterocycles. The number of β-amino-alcohol motifs (C(OH)–C–C–N with tert-alkyl or cyclic N) is 1. The number of piperidine rings is 1. The summed E-state index contributed by atoms with van der Waals surface area (Å²) in [4.78, 5) is 14.0. The van der Waals surface area contributed by atoms with E-state index >= 15 is 0 Å². The SMILES string of the molecule is CC1(O)CCCN(C(=O)c2cc(N)ccc2Cl)C1. The molecule has 3 N–H and O–H groups in total. The Morgan fingerprint density at radius 2 is 2.28 bits per heavy atom. The van der Waals surface area contributed by atoms with E-state index in [-0.39, 0.29) is 5.91 Å². The first-order chi connectivity index (χ1) is 8.39. The predicted molar refractivity (Wildman–Crippen MR) is 71.6 cm³/mol. The Kier molecular flexibility index (Phi) is 3.50. The van der Waals surface area contributed by atoms with Gasteiger partial charge in [-0.2, -0.15) is 0 Å². The van der Waals surface area contributed by atoms with Crippen LogP contribution in [0.1, 0.15) is 30.1 Å². The number of amides is 1. The molecule has 5 heteroatoms. The molecule has 0 saturated carbocycles. The number of nitrogens with two attached hydrogens (primary N) is 1. The van der Waals surface area contributed by atoms with E-state index in [0.717, 1.165) is 6.42 Å². The summed E-state index contributed by atoms with van der Waals surface area (Å²) in [6, 6.07) is 4.85. The zero-order chi connectivity index (χ0) is 13.3. The van der Waals surface area contributed by atoms with Crippen LogP contribution in [0, 0.1) is 0 Å². The Labute approximate surface area is 111 Å². The molecule has 1 fully saturated rings. The van der Waals surface area contributed by atoms with Crippen LogP contribution in [0.4, 0.5) is 5.69 Å². The number of halogens is 1. The van der Waals surface area contributed by atoms with Crippen LogP contribution in [0.25, 0.3) is 0 Å². The minimum Gasteiger partial charge on any atom is -0.399 e. The Morgan fingerprint density at radius 3 is 2.94 bits per heavy atom. The van der Waals surface area contributed by atoms with Crippen molar-refractivity contribution < 1.29 is 9.90 Å². The molecule has 2 rings (SSSR count). The van der Waals surface area contributed by atoms with Gasteiger partial charge in [0.1, 0.15) is 0 Å². The van der Waals surface area contributed by atoms with Gasteiger partial charge in [0, 0.05) is 18.8 Å². The fourth-order valence-corrected chi connectivity index (χ4v) is 2.47. The molecule has 1 aliphatic heterocycles. The van der Waals surface area contributed by atoms with Crippen LogP contribution in [-0.4, -0.2) is 34.6 Å². The van der Waals surface area contributed by atoms with Crippen LogP contribution < -0.4 is 5.73 Å². The molecule has 1 atom stereocenters. The molecule has 4 nitrogen and oxygen atoms in total. The third kappa shape index (κ3) is 2.76. The second-order valence-corrected chi connectivity index (χ2v) is 5.47. The lowest BCUT2D eigenvalue weighted by Crippen LogP contribution is -2.48. The van der Waals surface area contributed by atoms with Crippen LogP contribution in [-0.2, 0) is 0 Å².